The van der Waals surface area contributed by atoms with Gasteiger partial charge in [-0.25, -0.2) is 9.78 Å². The Bertz CT molecular complexity index is 700. The molecule has 106 valence electrons. The van der Waals surface area contributed by atoms with Crippen LogP contribution in [0.2, 0.25) is 10.0 Å². The molecule has 0 radical (unpaired) electrons. The summed E-state index contributed by atoms with van der Waals surface area (Å²) in [5.74, 6) is 0.0431. The number of aryl methyl sites for hydroxylation is 1. The molecular formula is C12H10BrCl2N3O2. The van der Waals surface area contributed by atoms with E-state index in [0.29, 0.717) is 26.0 Å². The van der Waals surface area contributed by atoms with E-state index in [2.05, 4.69) is 25.7 Å². The predicted octanol–water partition coefficient (Wildman–Crippen LogP) is 3.62. The summed E-state index contributed by atoms with van der Waals surface area (Å²) in [5.41, 5.74) is 6.54. The Kier molecular flexibility index (Phi) is 4.27. The fraction of sp³-hybridized carbons (Fsp3) is 0.167. The largest absolute Gasteiger partial charge is 0.464 e. The Balaban J connectivity index is 2.68. The molecule has 1 aromatic heterocycles. The first-order chi connectivity index (χ1) is 9.38. The van der Waals surface area contributed by atoms with Crippen LogP contribution in [0.3, 0.4) is 0 Å². The van der Waals surface area contributed by atoms with Crippen molar-refractivity contribution in [1.29, 1.82) is 0 Å². The van der Waals surface area contributed by atoms with Crippen LogP contribution in [-0.2, 0) is 4.74 Å². The number of ether oxygens (including phenoxy) is 1. The lowest BCUT2D eigenvalue weighted by molar-refractivity contribution is 0.0596. The number of carbonyl (C=O) groups is 1. The molecule has 2 aromatic rings. The molecule has 8 heteroatoms. The highest BCUT2D eigenvalue weighted by molar-refractivity contribution is 9.10. The van der Waals surface area contributed by atoms with E-state index in [1.54, 1.807) is 23.6 Å². The lowest BCUT2D eigenvalue weighted by atomic mass is 10.3. The van der Waals surface area contributed by atoms with Crippen LogP contribution in [0.1, 0.15) is 16.3 Å². The van der Waals surface area contributed by atoms with Crippen LogP contribution in [0.5, 0.6) is 0 Å². The van der Waals surface area contributed by atoms with Crippen molar-refractivity contribution >= 4 is 50.9 Å². The maximum Gasteiger partial charge on any atom is 0.360 e. The molecule has 20 heavy (non-hydrogen) atoms. The highest BCUT2D eigenvalue weighted by Crippen LogP contribution is 2.36. The van der Waals surface area contributed by atoms with Crippen molar-refractivity contribution in [2.24, 2.45) is 0 Å². The highest BCUT2D eigenvalue weighted by Gasteiger charge is 2.22. The van der Waals surface area contributed by atoms with Crippen LogP contribution in [0, 0.1) is 6.92 Å². The second-order valence-electron chi connectivity index (χ2n) is 3.91. The fourth-order valence-corrected chi connectivity index (χ4v) is 2.64. The average molecular weight is 379 g/mol. The van der Waals surface area contributed by atoms with E-state index in [4.69, 9.17) is 28.9 Å². The van der Waals surface area contributed by atoms with Gasteiger partial charge in [0.25, 0.3) is 0 Å². The number of anilines is 1. The average Bonchev–Trinajstić information content (AvgIpc) is 2.72. The third-order valence-electron chi connectivity index (χ3n) is 2.72. The number of imidazole rings is 1. The van der Waals surface area contributed by atoms with Gasteiger partial charge in [-0.3, -0.25) is 4.57 Å². The Morgan fingerprint density at radius 3 is 2.65 bits per heavy atom. The Morgan fingerprint density at radius 2 is 2.05 bits per heavy atom. The number of rotatable bonds is 2. The van der Waals surface area contributed by atoms with E-state index in [9.17, 15) is 4.79 Å². The molecule has 0 aliphatic rings. The van der Waals surface area contributed by atoms with Crippen LogP contribution in [0.15, 0.2) is 16.6 Å². The minimum Gasteiger partial charge on any atom is -0.464 e. The summed E-state index contributed by atoms with van der Waals surface area (Å²) >= 11 is 15.6. The van der Waals surface area contributed by atoms with Gasteiger partial charge in [-0.2, -0.15) is 0 Å². The third-order valence-corrected chi connectivity index (χ3v) is 4.48. The van der Waals surface area contributed by atoms with Crippen LogP contribution >= 0.6 is 39.1 Å². The second kappa shape index (κ2) is 5.63. The molecule has 0 aliphatic heterocycles. The molecular weight excluding hydrogens is 369 g/mol. The Morgan fingerprint density at radius 1 is 1.40 bits per heavy atom. The van der Waals surface area contributed by atoms with Crippen LogP contribution in [-0.4, -0.2) is 22.6 Å². The van der Waals surface area contributed by atoms with Crippen molar-refractivity contribution in [2.45, 2.75) is 6.92 Å². The van der Waals surface area contributed by atoms with Crippen molar-refractivity contribution in [2.75, 3.05) is 12.8 Å². The lowest BCUT2D eigenvalue weighted by Gasteiger charge is -2.11. The normalized spacial score (nSPS) is 10.7. The number of nitrogens with two attached hydrogens (primary N) is 1. The molecule has 5 nitrogen and oxygen atoms in total. The van der Waals surface area contributed by atoms with Crippen LogP contribution in [0.4, 0.5) is 5.82 Å². The van der Waals surface area contributed by atoms with Crippen molar-refractivity contribution in [1.82, 2.24) is 9.55 Å². The number of nitrogen functional groups attached to an aromatic ring is 1. The number of nitrogens with zero attached hydrogens (tertiary/aromatic N) is 2. The number of methoxy groups -OCH3 is 1. The molecule has 0 saturated heterocycles. The lowest BCUT2D eigenvalue weighted by Crippen LogP contribution is -2.08. The van der Waals surface area contributed by atoms with Gasteiger partial charge in [-0.05, 0) is 35.0 Å². The minimum atomic E-state index is -0.608. The van der Waals surface area contributed by atoms with E-state index in [1.807, 2.05) is 0 Å². The quantitative estimate of drug-likeness (QED) is 0.640. The summed E-state index contributed by atoms with van der Waals surface area (Å²) < 4.78 is 6.85. The summed E-state index contributed by atoms with van der Waals surface area (Å²) in [6.45, 7) is 1.70. The maximum atomic E-state index is 11.6. The number of aromatic nitrogens is 2. The van der Waals surface area contributed by atoms with Crippen molar-refractivity contribution in [3.05, 3.63) is 38.2 Å². The first-order valence-electron chi connectivity index (χ1n) is 5.45. The molecule has 0 unspecified atom stereocenters. The number of carbonyl (C=O) groups excluding carboxylic acids is 1. The summed E-state index contributed by atoms with van der Waals surface area (Å²) in [7, 11) is 1.26. The van der Waals surface area contributed by atoms with Crippen molar-refractivity contribution in [3.8, 4) is 5.69 Å². The molecule has 0 spiro atoms. The van der Waals surface area contributed by atoms with E-state index < -0.39 is 5.97 Å². The Labute approximate surface area is 133 Å². The summed E-state index contributed by atoms with van der Waals surface area (Å²) in [6.07, 6.45) is 0. The van der Waals surface area contributed by atoms with Crippen LogP contribution < -0.4 is 5.73 Å². The van der Waals surface area contributed by atoms with E-state index >= 15 is 0 Å². The van der Waals surface area contributed by atoms with E-state index in [-0.39, 0.29) is 11.5 Å². The summed E-state index contributed by atoms with van der Waals surface area (Å²) in [5, 5.41) is 0.668. The minimum absolute atomic E-state index is 0.0418. The zero-order valence-corrected chi connectivity index (χ0v) is 13.7. The molecule has 0 saturated carbocycles. The van der Waals surface area contributed by atoms with Crippen molar-refractivity contribution in [3.63, 3.8) is 0 Å². The maximum absolute atomic E-state index is 11.6. The van der Waals surface area contributed by atoms with Gasteiger partial charge in [0.2, 0.25) is 0 Å². The van der Waals surface area contributed by atoms with Crippen molar-refractivity contribution < 1.29 is 9.53 Å². The molecule has 2 N–H and O–H groups in total. The van der Waals surface area contributed by atoms with Gasteiger partial charge in [0.05, 0.1) is 22.8 Å². The first-order valence-corrected chi connectivity index (χ1v) is 7.00. The standard InChI is InChI=1S/C12H10BrCl2N3O2/c1-5-17-10(12(19)20-2)11(16)18(5)7-4-3-6(13)8(14)9(7)15/h3-4H,16H2,1-2H3. The molecule has 0 fully saturated rings. The number of esters is 1. The van der Waals surface area contributed by atoms with E-state index in [1.165, 1.54) is 7.11 Å². The summed E-state index contributed by atoms with van der Waals surface area (Å²) in [4.78, 5) is 15.7. The topological polar surface area (TPSA) is 70.1 Å². The van der Waals surface area contributed by atoms with Gasteiger partial charge in [0.15, 0.2) is 5.69 Å². The third kappa shape index (κ3) is 2.39. The zero-order valence-electron chi connectivity index (χ0n) is 10.6. The number of hydrogen-bond acceptors (Lipinski definition) is 4. The highest BCUT2D eigenvalue weighted by atomic mass is 79.9. The molecule has 1 aromatic carbocycles. The number of hydrogen-bond donors (Lipinski definition) is 1. The zero-order chi connectivity index (χ0) is 15.0. The Hall–Kier alpha value is -1.24. The molecule has 0 aliphatic carbocycles. The molecule has 0 amide bonds. The molecule has 0 atom stereocenters. The smallest absolute Gasteiger partial charge is 0.360 e. The summed E-state index contributed by atoms with van der Waals surface area (Å²) in [6, 6.07) is 3.46. The molecule has 2 rings (SSSR count). The SMILES string of the molecule is COC(=O)c1nc(C)n(-c2ccc(Br)c(Cl)c2Cl)c1N. The first kappa shape index (κ1) is 15.2. The van der Waals surface area contributed by atoms with Gasteiger partial charge in [-0.1, -0.05) is 23.2 Å². The van der Waals surface area contributed by atoms with Gasteiger partial charge >= 0.3 is 5.97 Å². The number of halogens is 3. The monoisotopic (exact) mass is 377 g/mol. The van der Waals surface area contributed by atoms with E-state index in [0.717, 1.165) is 0 Å². The fourth-order valence-electron chi connectivity index (χ4n) is 1.79. The van der Waals surface area contributed by atoms with Gasteiger partial charge in [-0.15, -0.1) is 0 Å². The van der Waals surface area contributed by atoms with Gasteiger partial charge in [0, 0.05) is 4.47 Å². The number of benzene rings is 1. The molecule has 0 bridgehead atoms. The second-order valence-corrected chi connectivity index (χ2v) is 5.52. The van der Waals surface area contributed by atoms with Gasteiger partial charge in [0.1, 0.15) is 11.6 Å². The predicted molar refractivity (Wildman–Crippen MR) is 81.8 cm³/mol. The molecule has 1 heterocycles. The van der Waals surface area contributed by atoms with Gasteiger partial charge < -0.3 is 10.5 Å². The van der Waals surface area contributed by atoms with Crippen LogP contribution in [0.25, 0.3) is 5.69 Å².